The second-order valence-corrected chi connectivity index (χ2v) is 17.8. The molecule has 0 heterocycles. The van der Waals surface area contributed by atoms with Gasteiger partial charge in [-0.25, -0.2) is 0 Å². The molecule has 1 amide bonds. The first kappa shape index (κ1) is 58.1. The quantitative estimate of drug-likeness (QED) is 0.0322. The molecule has 60 heavy (non-hydrogen) atoms. The molecule has 0 aliphatic carbocycles. The number of ether oxygens (including phenoxy) is 1. The molecule has 3 N–H and O–H groups in total. The molecule has 352 valence electrons. The lowest BCUT2D eigenvalue weighted by Gasteiger charge is -2.20. The van der Waals surface area contributed by atoms with Crippen molar-refractivity contribution >= 4 is 11.9 Å². The Kier molecular flexibility index (Phi) is 48.1. The average molecular weight is 844 g/mol. The van der Waals surface area contributed by atoms with Crippen LogP contribution in [0, 0.1) is 0 Å². The van der Waals surface area contributed by atoms with E-state index in [1.807, 2.05) is 6.08 Å². The second kappa shape index (κ2) is 49.7. The number of aliphatic hydroxyl groups is 2. The SMILES string of the molecule is CCCCCCC/C=C\CCCCCCCC(=O)OCCCCCCCCCCC/C=C\CCCCCCCC(=O)NC(CO)C(O)/C=C/CCCCCCCCCCC. The van der Waals surface area contributed by atoms with E-state index in [4.69, 9.17) is 4.74 Å². The van der Waals surface area contributed by atoms with Crippen LogP contribution in [0.25, 0.3) is 0 Å². The zero-order valence-corrected chi connectivity index (χ0v) is 39.9. The number of allylic oxidation sites excluding steroid dienone is 5. The summed E-state index contributed by atoms with van der Waals surface area (Å²) >= 11 is 0. The minimum Gasteiger partial charge on any atom is -0.466 e. The standard InChI is InChI=1S/C54H101NO5/c1-3-5-7-9-11-13-15-16-24-28-32-36-40-44-48-54(59)60-49-45-41-37-33-29-25-22-20-18-17-19-21-23-27-31-35-39-43-47-53(58)55-51(50-56)52(57)46-42-38-34-30-26-14-12-10-8-6-4-2/h15-16,19,21,42,46,51-52,56-57H,3-14,17-18,20,22-41,43-45,47-50H2,1-2H3,(H,55,58)/b16-15-,21-19-,46-42+. The Morgan fingerprint density at radius 2 is 0.783 bits per heavy atom. The summed E-state index contributed by atoms with van der Waals surface area (Å²) in [5, 5.41) is 23.0. The average Bonchev–Trinajstić information content (AvgIpc) is 3.25. The number of aliphatic hydroxyl groups excluding tert-OH is 2. The third-order valence-corrected chi connectivity index (χ3v) is 11.9. The van der Waals surface area contributed by atoms with Crippen LogP contribution in [0.2, 0.25) is 0 Å². The van der Waals surface area contributed by atoms with Gasteiger partial charge in [-0.05, 0) is 83.5 Å². The minimum absolute atomic E-state index is 0.00720. The van der Waals surface area contributed by atoms with Gasteiger partial charge in [0.25, 0.3) is 0 Å². The third-order valence-electron chi connectivity index (χ3n) is 11.9. The molecule has 0 fully saturated rings. The van der Waals surface area contributed by atoms with Crippen molar-refractivity contribution in [1.29, 1.82) is 0 Å². The van der Waals surface area contributed by atoms with Crippen LogP contribution in [0.1, 0.15) is 271 Å². The van der Waals surface area contributed by atoms with Crippen molar-refractivity contribution in [3.63, 3.8) is 0 Å². The molecule has 0 aromatic heterocycles. The number of esters is 1. The molecular weight excluding hydrogens is 743 g/mol. The van der Waals surface area contributed by atoms with Gasteiger partial charge in [0.15, 0.2) is 0 Å². The molecule has 0 spiro atoms. The fourth-order valence-corrected chi connectivity index (χ4v) is 7.80. The predicted molar refractivity (Wildman–Crippen MR) is 259 cm³/mol. The van der Waals surface area contributed by atoms with E-state index in [9.17, 15) is 19.8 Å². The predicted octanol–water partition coefficient (Wildman–Crippen LogP) is 15.7. The number of rotatable bonds is 48. The summed E-state index contributed by atoms with van der Waals surface area (Å²) in [5.74, 6) is -0.0918. The number of carbonyl (C=O) groups excluding carboxylic acids is 2. The van der Waals surface area contributed by atoms with Crippen LogP contribution in [0.5, 0.6) is 0 Å². The van der Waals surface area contributed by atoms with Gasteiger partial charge in [0.05, 0.1) is 25.4 Å². The Balaban J connectivity index is 3.47. The van der Waals surface area contributed by atoms with Gasteiger partial charge >= 0.3 is 5.97 Å². The first-order valence-electron chi connectivity index (χ1n) is 26.3. The summed E-state index contributed by atoms with van der Waals surface area (Å²) in [6, 6.07) is -0.637. The van der Waals surface area contributed by atoms with Gasteiger partial charge in [-0.2, -0.15) is 0 Å². The molecule has 0 aliphatic heterocycles. The third kappa shape index (κ3) is 45.6. The normalized spacial score (nSPS) is 12.9. The molecule has 6 nitrogen and oxygen atoms in total. The van der Waals surface area contributed by atoms with Crippen LogP contribution in [-0.4, -0.2) is 47.4 Å². The lowest BCUT2D eigenvalue weighted by atomic mass is 10.1. The Morgan fingerprint density at radius 3 is 1.18 bits per heavy atom. The molecule has 0 saturated carbocycles. The summed E-state index contributed by atoms with van der Waals surface area (Å²) < 4.78 is 5.46. The number of nitrogens with one attached hydrogen (secondary N) is 1. The summed E-state index contributed by atoms with van der Waals surface area (Å²) in [4.78, 5) is 24.4. The molecule has 0 radical (unpaired) electrons. The van der Waals surface area contributed by atoms with Gasteiger partial charge in [-0.15, -0.1) is 0 Å². The number of amides is 1. The summed E-state index contributed by atoms with van der Waals surface area (Å²) in [5.41, 5.74) is 0. The smallest absolute Gasteiger partial charge is 0.305 e. The molecule has 0 aromatic carbocycles. The van der Waals surface area contributed by atoms with Crippen molar-refractivity contribution in [3.05, 3.63) is 36.5 Å². The lowest BCUT2D eigenvalue weighted by molar-refractivity contribution is -0.143. The molecule has 0 aliphatic rings. The number of hydrogen-bond acceptors (Lipinski definition) is 5. The first-order valence-corrected chi connectivity index (χ1v) is 26.3. The highest BCUT2D eigenvalue weighted by Crippen LogP contribution is 2.15. The number of carbonyl (C=O) groups is 2. The topological polar surface area (TPSA) is 95.9 Å². The van der Waals surface area contributed by atoms with Crippen molar-refractivity contribution in [3.8, 4) is 0 Å². The van der Waals surface area contributed by atoms with E-state index in [1.54, 1.807) is 6.08 Å². The Labute approximate surface area is 373 Å². The zero-order chi connectivity index (χ0) is 43.7. The van der Waals surface area contributed by atoms with Crippen molar-refractivity contribution in [2.45, 2.75) is 283 Å². The van der Waals surface area contributed by atoms with E-state index in [2.05, 4.69) is 43.5 Å². The van der Waals surface area contributed by atoms with Gasteiger partial charge in [0.1, 0.15) is 0 Å². The van der Waals surface area contributed by atoms with Crippen molar-refractivity contribution < 1.29 is 24.5 Å². The highest BCUT2D eigenvalue weighted by molar-refractivity contribution is 5.76. The lowest BCUT2D eigenvalue weighted by Crippen LogP contribution is -2.45. The van der Waals surface area contributed by atoms with Crippen molar-refractivity contribution in [2.24, 2.45) is 0 Å². The van der Waals surface area contributed by atoms with Crippen molar-refractivity contribution in [2.75, 3.05) is 13.2 Å². The fraction of sp³-hybridized carbons (Fsp3) is 0.852. The minimum atomic E-state index is -0.851. The monoisotopic (exact) mass is 844 g/mol. The molecule has 0 rings (SSSR count). The van der Waals surface area contributed by atoms with E-state index >= 15 is 0 Å². The Hall–Kier alpha value is -1.92. The van der Waals surface area contributed by atoms with Crippen LogP contribution >= 0.6 is 0 Å². The van der Waals surface area contributed by atoms with Crippen molar-refractivity contribution in [1.82, 2.24) is 5.32 Å². The van der Waals surface area contributed by atoms with E-state index in [-0.39, 0.29) is 18.5 Å². The van der Waals surface area contributed by atoms with Crippen LogP contribution in [0.15, 0.2) is 36.5 Å². The van der Waals surface area contributed by atoms with E-state index in [1.165, 1.54) is 180 Å². The molecule has 2 atom stereocenters. The molecular formula is C54H101NO5. The number of hydrogen-bond donors (Lipinski definition) is 3. The van der Waals surface area contributed by atoms with Gasteiger partial charge in [-0.3, -0.25) is 9.59 Å². The molecule has 0 bridgehead atoms. The van der Waals surface area contributed by atoms with E-state index in [0.717, 1.165) is 64.2 Å². The summed E-state index contributed by atoms with van der Waals surface area (Å²) in [6.45, 7) is 4.85. The molecule has 0 aromatic rings. The van der Waals surface area contributed by atoms with E-state index < -0.39 is 12.1 Å². The molecule has 2 unspecified atom stereocenters. The van der Waals surface area contributed by atoms with E-state index in [0.29, 0.717) is 19.4 Å². The van der Waals surface area contributed by atoms with Gasteiger partial charge in [-0.1, -0.05) is 211 Å². The van der Waals surface area contributed by atoms with Gasteiger partial charge in [0, 0.05) is 12.8 Å². The maximum absolute atomic E-state index is 12.4. The largest absolute Gasteiger partial charge is 0.466 e. The zero-order valence-electron chi connectivity index (χ0n) is 39.9. The maximum Gasteiger partial charge on any atom is 0.305 e. The van der Waals surface area contributed by atoms with Crippen LogP contribution in [0.4, 0.5) is 0 Å². The summed E-state index contributed by atoms with van der Waals surface area (Å²) in [7, 11) is 0. The molecule has 0 saturated heterocycles. The Morgan fingerprint density at radius 1 is 0.450 bits per heavy atom. The van der Waals surface area contributed by atoms with Gasteiger partial charge in [0.2, 0.25) is 5.91 Å². The first-order chi connectivity index (χ1) is 29.5. The van der Waals surface area contributed by atoms with Crippen LogP contribution in [0.3, 0.4) is 0 Å². The van der Waals surface area contributed by atoms with Crippen LogP contribution in [-0.2, 0) is 14.3 Å². The fourth-order valence-electron chi connectivity index (χ4n) is 7.80. The molecule has 6 heteroatoms. The highest BCUT2D eigenvalue weighted by Gasteiger charge is 2.18. The number of unbranched alkanes of at least 4 members (excludes halogenated alkanes) is 33. The van der Waals surface area contributed by atoms with Gasteiger partial charge < -0.3 is 20.3 Å². The maximum atomic E-state index is 12.4. The highest BCUT2D eigenvalue weighted by atomic mass is 16.5. The van der Waals surface area contributed by atoms with Crippen LogP contribution < -0.4 is 5.32 Å². The second-order valence-electron chi connectivity index (χ2n) is 17.8. The summed E-state index contributed by atoms with van der Waals surface area (Å²) in [6.07, 6.45) is 60.1. The Bertz CT molecular complexity index is 977.